The van der Waals surface area contributed by atoms with Crippen LogP contribution in [0.15, 0.2) is 16.7 Å². The van der Waals surface area contributed by atoms with E-state index in [1.54, 1.807) is 6.92 Å². The molecule has 17 heavy (non-hydrogen) atoms. The Morgan fingerprint density at radius 3 is 2.71 bits per heavy atom. The van der Waals surface area contributed by atoms with Gasteiger partial charge in [0.2, 0.25) is 0 Å². The molecular formula is C11H10BrF3N2. The highest BCUT2D eigenvalue weighted by Gasteiger charge is 2.35. The number of hydrogen-bond acceptors (Lipinski definition) is 2. The molecule has 0 radical (unpaired) electrons. The number of alkyl halides is 3. The molecule has 0 saturated heterocycles. The molecule has 0 aromatic carbocycles. The molecule has 2 nitrogen and oxygen atoms in total. The van der Waals surface area contributed by atoms with Crippen molar-refractivity contribution in [2.75, 3.05) is 5.32 Å². The minimum absolute atomic E-state index is 0.245. The van der Waals surface area contributed by atoms with E-state index in [4.69, 9.17) is 6.42 Å². The Morgan fingerprint density at radius 2 is 2.24 bits per heavy atom. The Balaban J connectivity index is 3.12. The lowest BCUT2D eigenvalue weighted by atomic mass is 10.2. The third-order valence-electron chi connectivity index (χ3n) is 2.08. The lowest BCUT2D eigenvalue weighted by Gasteiger charge is -2.16. The van der Waals surface area contributed by atoms with Gasteiger partial charge < -0.3 is 5.32 Å². The molecule has 0 saturated carbocycles. The van der Waals surface area contributed by atoms with Crippen LogP contribution in [0.3, 0.4) is 0 Å². The van der Waals surface area contributed by atoms with Gasteiger partial charge in [-0.25, -0.2) is 4.98 Å². The first-order valence-corrected chi connectivity index (χ1v) is 5.63. The van der Waals surface area contributed by atoms with Gasteiger partial charge in [-0.2, -0.15) is 13.2 Å². The second-order valence-corrected chi connectivity index (χ2v) is 4.23. The van der Waals surface area contributed by atoms with E-state index in [1.807, 2.05) is 0 Å². The smallest absolute Gasteiger partial charge is 0.356 e. The molecule has 0 aliphatic carbocycles. The van der Waals surface area contributed by atoms with Gasteiger partial charge in [0, 0.05) is 10.7 Å². The number of pyridine rings is 1. The Kier molecular flexibility index (Phi) is 4.40. The fourth-order valence-corrected chi connectivity index (χ4v) is 1.53. The summed E-state index contributed by atoms with van der Waals surface area (Å²) in [4.78, 5) is 3.71. The summed E-state index contributed by atoms with van der Waals surface area (Å²) in [6.45, 7) is 1.78. The number of rotatable bonds is 3. The number of aromatic nitrogens is 1. The lowest BCUT2D eigenvalue weighted by Crippen LogP contribution is -2.20. The first kappa shape index (κ1) is 13.8. The Morgan fingerprint density at radius 1 is 1.59 bits per heavy atom. The van der Waals surface area contributed by atoms with Crippen LogP contribution in [-0.2, 0) is 6.18 Å². The average molecular weight is 307 g/mol. The summed E-state index contributed by atoms with van der Waals surface area (Å²) in [5.74, 6) is 2.12. The van der Waals surface area contributed by atoms with Crippen molar-refractivity contribution in [3.05, 3.63) is 22.3 Å². The maximum atomic E-state index is 12.7. The lowest BCUT2D eigenvalue weighted by molar-refractivity contribution is -0.137. The quantitative estimate of drug-likeness (QED) is 0.862. The highest BCUT2D eigenvalue weighted by atomic mass is 79.9. The van der Waals surface area contributed by atoms with Gasteiger partial charge in [-0.05, 0) is 28.4 Å². The van der Waals surface area contributed by atoms with Crippen molar-refractivity contribution in [2.24, 2.45) is 0 Å². The van der Waals surface area contributed by atoms with Gasteiger partial charge >= 0.3 is 6.18 Å². The predicted molar refractivity (Wildman–Crippen MR) is 63.5 cm³/mol. The van der Waals surface area contributed by atoms with Crippen molar-refractivity contribution in [1.82, 2.24) is 4.98 Å². The molecule has 1 atom stereocenters. The summed E-state index contributed by atoms with van der Waals surface area (Å²) >= 11 is 2.96. The summed E-state index contributed by atoms with van der Waals surface area (Å²) in [5.41, 5.74) is -0.833. The summed E-state index contributed by atoms with van der Waals surface area (Å²) in [6, 6.07) is 0.503. The van der Waals surface area contributed by atoms with E-state index in [1.165, 1.54) is 6.20 Å². The number of halogens is 4. The normalized spacial score (nSPS) is 12.9. The second kappa shape index (κ2) is 5.41. The molecule has 92 valence electrons. The second-order valence-electron chi connectivity index (χ2n) is 3.32. The molecular weight excluding hydrogens is 297 g/mol. The molecule has 1 unspecified atom stereocenters. The maximum absolute atomic E-state index is 12.7. The van der Waals surface area contributed by atoms with Crippen LogP contribution in [0.25, 0.3) is 0 Å². The van der Waals surface area contributed by atoms with E-state index in [0.29, 0.717) is 6.42 Å². The number of terminal acetylenes is 1. The average Bonchev–Trinajstić information content (AvgIpc) is 2.26. The van der Waals surface area contributed by atoms with Crippen molar-refractivity contribution >= 4 is 21.7 Å². The fraction of sp³-hybridized carbons (Fsp3) is 0.364. The molecule has 1 aromatic heterocycles. The molecule has 0 bridgehead atoms. The van der Waals surface area contributed by atoms with Crippen molar-refractivity contribution < 1.29 is 13.2 Å². The van der Waals surface area contributed by atoms with Crippen LogP contribution in [0.1, 0.15) is 18.9 Å². The van der Waals surface area contributed by atoms with Crippen molar-refractivity contribution in [3.63, 3.8) is 0 Å². The van der Waals surface area contributed by atoms with Crippen molar-refractivity contribution in [3.8, 4) is 12.3 Å². The third kappa shape index (κ3) is 3.63. The molecule has 1 rings (SSSR count). The third-order valence-corrected chi connectivity index (χ3v) is 2.51. The monoisotopic (exact) mass is 306 g/mol. The number of anilines is 1. The minimum atomic E-state index is -4.47. The Hall–Kier alpha value is -1.22. The van der Waals surface area contributed by atoms with Crippen LogP contribution >= 0.6 is 15.9 Å². The van der Waals surface area contributed by atoms with Gasteiger partial charge in [0.1, 0.15) is 5.82 Å². The van der Waals surface area contributed by atoms with Gasteiger partial charge in [-0.15, -0.1) is 6.42 Å². The molecule has 0 spiro atoms. The highest BCUT2D eigenvalue weighted by molar-refractivity contribution is 9.10. The van der Waals surface area contributed by atoms with Crippen LogP contribution in [0.5, 0.6) is 0 Å². The Labute approximate surface area is 106 Å². The van der Waals surface area contributed by atoms with Crippen LogP contribution < -0.4 is 5.32 Å². The maximum Gasteiger partial charge on any atom is 0.419 e. The van der Waals surface area contributed by atoms with E-state index < -0.39 is 17.8 Å². The van der Waals surface area contributed by atoms with Crippen molar-refractivity contribution in [2.45, 2.75) is 25.6 Å². The molecule has 1 heterocycles. The van der Waals surface area contributed by atoms with Gasteiger partial charge in [-0.3, -0.25) is 0 Å². The predicted octanol–water partition coefficient (Wildman–Crippen LogP) is 3.69. The first-order chi connectivity index (χ1) is 7.88. The first-order valence-electron chi connectivity index (χ1n) is 4.84. The van der Waals surface area contributed by atoms with Crippen molar-refractivity contribution in [1.29, 1.82) is 0 Å². The van der Waals surface area contributed by atoms with E-state index in [0.717, 1.165) is 6.07 Å². The van der Waals surface area contributed by atoms with Crippen LogP contribution in [0, 0.1) is 12.3 Å². The van der Waals surface area contributed by atoms with E-state index in [9.17, 15) is 13.2 Å². The van der Waals surface area contributed by atoms with Gasteiger partial charge in [0.05, 0.1) is 11.6 Å². The zero-order chi connectivity index (χ0) is 13.1. The summed E-state index contributed by atoms with van der Waals surface area (Å²) in [7, 11) is 0. The standard InChI is InChI=1S/C11H10BrF3N2/c1-3-8(4-2)17-10-9(11(13,14)15)5-7(12)6-16-10/h1,5-6,8H,4H2,2H3,(H,16,17). The molecule has 0 aliphatic heterocycles. The number of nitrogens with one attached hydrogen (secondary N) is 1. The fourth-order valence-electron chi connectivity index (χ4n) is 1.20. The van der Waals surface area contributed by atoms with Crippen LogP contribution in [-0.4, -0.2) is 11.0 Å². The van der Waals surface area contributed by atoms with E-state index in [2.05, 4.69) is 32.2 Å². The molecule has 0 amide bonds. The van der Waals surface area contributed by atoms with Gasteiger partial charge in [0.25, 0.3) is 0 Å². The minimum Gasteiger partial charge on any atom is -0.356 e. The van der Waals surface area contributed by atoms with Crippen LogP contribution in [0.2, 0.25) is 0 Å². The van der Waals surface area contributed by atoms with E-state index >= 15 is 0 Å². The van der Waals surface area contributed by atoms with Crippen LogP contribution in [0.4, 0.5) is 19.0 Å². The van der Waals surface area contributed by atoms with Gasteiger partial charge in [-0.1, -0.05) is 12.8 Å². The highest BCUT2D eigenvalue weighted by Crippen LogP contribution is 2.35. The molecule has 6 heteroatoms. The summed E-state index contributed by atoms with van der Waals surface area (Å²) in [5, 5.41) is 2.59. The zero-order valence-electron chi connectivity index (χ0n) is 8.98. The molecule has 1 N–H and O–H groups in total. The Bertz CT molecular complexity index is 437. The molecule has 0 fully saturated rings. The largest absolute Gasteiger partial charge is 0.419 e. The molecule has 0 aliphatic rings. The van der Waals surface area contributed by atoms with E-state index in [-0.39, 0.29) is 10.3 Å². The van der Waals surface area contributed by atoms with Gasteiger partial charge in [0.15, 0.2) is 0 Å². The summed E-state index contributed by atoms with van der Waals surface area (Å²) < 4.78 is 38.5. The summed E-state index contributed by atoms with van der Waals surface area (Å²) in [6.07, 6.45) is 2.53. The zero-order valence-corrected chi connectivity index (χ0v) is 10.6. The SMILES string of the molecule is C#CC(CC)Nc1ncc(Br)cc1C(F)(F)F. The topological polar surface area (TPSA) is 24.9 Å². The number of hydrogen-bond donors (Lipinski definition) is 1. The molecule has 1 aromatic rings. The number of nitrogens with zero attached hydrogens (tertiary/aromatic N) is 1.